The third-order valence-electron chi connectivity index (χ3n) is 6.86. The fraction of sp³-hybridized carbons (Fsp3) is 0.333. The van der Waals surface area contributed by atoms with Crippen molar-refractivity contribution in [3.63, 3.8) is 0 Å². The van der Waals surface area contributed by atoms with Crippen LogP contribution in [0, 0.1) is 20.8 Å². The van der Waals surface area contributed by atoms with Crippen molar-refractivity contribution in [3.8, 4) is 0 Å². The van der Waals surface area contributed by atoms with Gasteiger partial charge in [-0.1, -0.05) is 66.0 Å². The van der Waals surface area contributed by atoms with Crippen molar-refractivity contribution in [1.29, 1.82) is 0 Å². The lowest BCUT2D eigenvalue weighted by Crippen LogP contribution is -2.52. The number of amides is 2. The van der Waals surface area contributed by atoms with E-state index >= 15 is 0 Å². The first kappa shape index (κ1) is 31.5. The molecule has 0 aliphatic heterocycles. The molecule has 0 heterocycles. The number of nitrogens with one attached hydrogen (secondary N) is 1. The van der Waals surface area contributed by atoms with Gasteiger partial charge in [-0.15, -0.1) is 0 Å². The van der Waals surface area contributed by atoms with Crippen molar-refractivity contribution in [1.82, 2.24) is 10.2 Å². The molecular weight excluding hydrogens is 569 g/mol. The number of anilines is 1. The molecule has 0 bridgehead atoms. The molecule has 0 spiro atoms. The number of carbonyl (C=O) groups excluding carboxylic acids is 2. The number of sulfonamides is 1. The molecule has 0 aliphatic carbocycles. The van der Waals surface area contributed by atoms with E-state index in [1.807, 2.05) is 26.8 Å². The predicted molar refractivity (Wildman–Crippen MR) is 161 cm³/mol. The average molecular weight is 605 g/mol. The topological polar surface area (TPSA) is 86.8 Å². The first-order valence-electron chi connectivity index (χ1n) is 13.1. The molecule has 1 unspecified atom stereocenters. The lowest BCUT2D eigenvalue weighted by Gasteiger charge is -2.34. The Hall–Kier alpha value is -3.07. The van der Waals surface area contributed by atoms with Gasteiger partial charge in [-0.05, 0) is 75.6 Å². The zero-order valence-corrected chi connectivity index (χ0v) is 25.7. The second-order valence-corrected chi connectivity index (χ2v) is 12.3. The fourth-order valence-electron chi connectivity index (χ4n) is 4.42. The van der Waals surface area contributed by atoms with Gasteiger partial charge in [-0.2, -0.15) is 0 Å². The van der Waals surface area contributed by atoms with E-state index in [0.717, 1.165) is 21.0 Å². The summed E-state index contributed by atoms with van der Waals surface area (Å²) < 4.78 is 29.2. The number of likely N-dealkylation sites (N-methyl/N-ethyl adjacent to an activating group) is 1. The molecule has 0 radical (unpaired) electrons. The second kappa shape index (κ2) is 13.5. The zero-order valence-electron chi connectivity index (χ0n) is 23.4. The third-order valence-corrected chi connectivity index (χ3v) is 9.34. The van der Waals surface area contributed by atoms with Gasteiger partial charge in [0.25, 0.3) is 10.0 Å². The molecule has 1 atom stereocenters. The number of carbonyl (C=O) groups is 2. The maximum absolute atomic E-state index is 14.1. The maximum atomic E-state index is 14.1. The van der Waals surface area contributed by atoms with Crippen LogP contribution < -0.4 is 9.62 Å². The Morgan fingerprint density at radius 1 is 0.900 bits per heavy atom. The summed E-state index contributed by atoms with van der Waals surface area (Å²) in [5.74, 6) is -0.910. The smallest absolute Gasteiger partial charge is 0.264 e. The molecule has 0 saturated heterocycles. The minimum atomic E-state index is -4.16. The summed E-state index contributed by atoms with van der Waals surface area (Å²) in [4.78, 5) is 28.6. The summed E-state index contributed by atoms with van der Waals surface area (Å²) in [6, 6.07) is 15.9. The lowest BCUT2D eigenvalue weighted by atomic mass is 10.1. The Morgan fingerprint density at radius 3 is 2.08 bits per heavy atom. The van der Waals surface area contributed by atoms with Crippen LogP contribution in [0.2, 0.25) is 10.0 Å². The Labute approximate surface area is 247 Å². The van der Waals surface area contributed by atoms with Crippen LogP contribution >= 0.6 is 23.2 Å². The molecule has 3 aromatic rings. The molecule has 3 rings (SSSR count). The molecule has 10 heteroatoms. The van der Waals surface area contributed by atoms with Gasteiger partial charge in [0.15, 0.2) is 0 Å². The molecular formula is C30H35Cl2N3O4S. The summed E-state index contributed by atoms with van der Waals surface area (Å²) in [5, 5.41) is 3.46. The number of benzene rings is 3. The van der Waals surface area contributed by atoms with E-state index in [2.05, 4.69) is 5.32 Å². The van der Waals surface area contributed by atoms with Crippen molar-refractivity contribution in [2.75, 3.05) is 17.4 Å². The molecule has 40 heavy (non-hydrogen) atoms. The summed E-state index contributed by atoms with van der Waals surface area (Å²) in [6.07, 6.45) is 0.299. The maximum Gasteiger partial charge on any atom is 0.264 e. The Kier molecular flexibility index (Phi) is 10.6. The Balaban J connectivity index is 2.14. The van der Waals surface area contributed by atoms with Crippen LogP contribution in [0.25, 0.3) is 0 Å². The van der Waals surface area contributed by atoms with E-state index in [1.165, 1.54) is 17.0 Å². The van der Waals surface area contributed by atoms with Crippen molar-refractivity contribution < 1.29 is 18.0 Å². The molecule has 1 N–H and O–H groups in total. The molecule has 0 fully saturated rings. The van der Waals surface area contributed by atoms with E-state index < -0.39 is 28.5 Å². The number of halogens is 2. The minimum absolute atomic E-state index is 0.0586. The van der Waals surface area contributed by atoms with Crippen molar-refractivity contribution in [3.05, 3.63) is 93.0 Å². The second-order valence-electron chi connectivity index (χ2n) is 9.58. The van der Waals surface area contributed by atoms with Crippen LogP contribution in [0.4, 0.5) is 5.69 Å². The predicted octanol–water partition coefficient (Wildman–Crippen LogP) is 6.06. The van der Waals surface area contributed by atoms with Gasteiger partial charge >= 0.3 is 0 Å². The molecule has 0 aliphatic rings. The van der Waals surface area contributed by atoms with E-state index in [1.54, 1.807) is 56.3 Å². The highest BCUT2D eigenvalue weighted by Crippen LogP contribution is 2.31. The SMILES string of the molecule is CCNC(=O)C(CC)N(Cc1c(Cl)cccc1Cl)C(=O)CN(c1cccc(C)c1C)S(=O)(=O)c1ccc(C)cc1. The highest BCUT2D eigenvalue weighted by Gasteiger charge is 2.34. The first-order chi connectivity index (χ1) is 18.9. The van der Waals surface area contributed by atoms with E-state index in [9.17, 15) is 18.0 Å². The molecule has 2 amide bonds. The highest BCUT2D eigenvalue weighted by atomic mass is 35.5. The quantitative estimate of drug-likeness (QED) is 0.289. The van der Waals surface area contributed by atoms with Gasteiger partial charge < -0.3 is 10.2 Å². The van der Waals surface area contributed by atoms with Gasteiger partial charge in [-0.3, -0.25) is 13.9 Å². The number of rotatable bonds is 11. The molecule has 7 nitrogen and oxygen atoms in total. The third kappa shape index (κ3) is 6.97. The normalized spacial score (nSPS) is 12.1. The summed E-state index contributed by atoms with van der Waals surface area (Å²) >= 11 is 12.9. The lowest BCUT2D eigenvalue weighted by molar-refractivity contribution is -0.140. The van der Waals surface area contributed by atoms with Gasteiger partial charge in [0, 0.05) is 28.7 Å². The van der Waals surface area contributed by atoms with Crippen LogP contribution in [0.1, 0.15) is 42.5 Å². The number of hydrogen-bond acceptors (Lipinski definition) is 4. The van der Waals surface area contributed by atoms with Gasteiger partial charge in [0.1, 0.15) is 12.6 Å². The summed E-state index contributed by atoms with van der Waals surface area (Å²) in [7, 11) is -4.16. The Bertz CT molecular complexity index is 1460. The summed E-state index contributed by atoms with van der Waals surface area (Å²) in [6.45, 7) is 8.92. The van der Waals surface area contributed by atoms with Crippen LogP contribution in [-0.2, 0) is 26.2 Å². The van der Waals surface area contributed by atoms with Crippen molar-refractivity contribution in [2.45, 2.75) is 58.5 Å². The summed E-state index contributed by atoms with van der Waals surface area (Å²) in [5.41, 5.74) is 3.37. The van der Waals surface area contributed by atoms with Gasteiger partial charge in [0.2, 0.25) is 11.8 Å². The van der Waals surface area contributed by atoms with E-state index in [0.29, 0.717) is 34.3 Å². The molecule has 0 aromatic heterocycles. The molecule has 3 aromatic carbocycles. The molecule has 0 saturated carbocycles. The highest BCUT2D eigenvalue weighted by molar-refractivity contribution is 7.92. The van der Waals surface area contributed by atoms with Crippen LogP contribution in [0.3, 0.4) is 0 Å². The molecule has 214 valence electrons. The van der Waals surface area contributed by atoms with Crippen LogP contribution in [0.5, 0.6) is 0 Å². The first-order valence-corrected chi connectivity index (χ1v) is 15.3. The zero-order chi connectivity index (χ0) is 29.6. The monoisotopic (exact) mass is 603 g/mol. The van der Waals surface area contributed by atoms with E-state index in [4.69, 9.17) is 23.2 Å². The number of aryl methyl sites for hydroxylation is 2. The number of nitrogens with zero attached hydrogens (tertiary/aromatic N) is 2. The Morgan fingerprint density at radius 2 is 1.50 bits per heavy atom. The minimum Gasteiger partial charge on any atom is -0.355 e. The standard InChI is InChI=1S/C30H35Cl2N3O4S/c1-6-27(30(37)33-7-2)34(18-24-25(31)11-9-12-26(24)32)29(36)19-35(28-13-8-10-21(4)22(28)5)40(38,39)23-16-14-20(3)15-17-23/h8-17,27H,6-7,18-19H2,1-5H3,(H,33,37). The van der Waals surface area contributed by atoms with Gasteiger partial charge in [0.05, 0.1) is 10.6 Å². The van der Waals surface area contributed by atoms with Crippen LogP contribution in [0.15, 0.2) is 65.6 Å². The number of hydrogen-bond donors (Lipinski definition) is 1. The van der Waals surface area contributed by atoms with E-state index in [-0.39, 0.29) is 17.3 Å². The average Bonchev–Trinajstić information content (AvgIpc) is 2.91. The fourth-order valence-corrected chi connectivity index (χ4v) is 6.41. The van der Waals surface area contributed by atoms with Crippen molar-refractivity contribution in [2.24, 2.45) is 0 Å². The van der Waals surface area contributed by atoms with Crippen LogP contribution in [-0.4, -0.2) is 44.3 Å². The van der Waals surface area contributed by atoms with Gasteiger partial charge in [-0.25, -0.2) is 8.42 Å². The van der Waals surface area contributed by atoms with Crippen molar-refractivity contribution >= 4 is 50.7 Å². The largest absolute Gasteiger partial charge is 0.355 e.